The Labute approximate surface area is 81.9 Å². The second kappa shape index (κ2) is 4.97. The highest BCUT2D eigenvalue weighted by Gasteiger charge is 2.28. The van der Waals surface area contributed by atoms with Gasteiger partial charge in [-0.25, -0.2) is 0 Å². The van der Waals surface area contributed by atoms with Gasteiger partial charge in [-0.15, -0.1) is 0 Å². The Morgan fingerprint density at radius 3 is 2.62 bits per heavy atom. The van der Waals surface area contributed by atoms with Crippen molar-refractivity contribution >= 4 is 0 Å². The number of unbranched alkanes of at least 4 members (excludes halogenated alkanes) is 1. The van der Waals surface area contributed by atoms with Crippen LogP contribution in [0.3, 0.4) is 0 Å². The number of rotatable bonds is 3. The fourth-order valence-electron chi connectivity index (χ4n) is 2.23. The molecule has 0 spiro atoms. The number of aliphatic hydroxyl groups excluding tert-OH is 1. The Balaban J connectivity index is 2.35. The Morgan fingerprint density at radius 1 is 1.38 bits per heavy atom. The Morgan fingerprint density at radius 2 is 2.08 bits per heavy atom. The van der Waals surface area contributed by atoms with Crippen LogP contribution in [0.5, 0.6) is 0 Å². The second-order valence-corrected chi connectivity index (χ2v) is 4.47. The summed E-state index contributed by atoms with van der Waals surface area (Å²) in [6.07, 6.45) is 5.91. The van der Waals surface area contributed by atoms with Gasteiger partial charge in [0.1, 0.15) is 6.23 Å². The monoisotopic (exact) mass is 185 g/mol. The highest BCUT2D eigenvalue weighted by molar-refractivity contribution is 4.79. The van der Waals surface area contributed by atoms with Crippen molar-refractivity contribution in [3.8, 4) is 0 Å². The Kier molecular flexibility index (Phi) is 4.20. The fraction of sp³-hybridized carbons (Fsp3) is 1.00. The van der Waals surface area contributed by atoms with Gasteiger partial charge in [-0.05, 0) is 32.7 Å². The molecule has 2 nitrogen and oxygen atoms in total. The third-order valence-corrected chi connectivity index (χ3v) is 3.35. The molecule has 0 aromatic rings. The normalized spacial score (nSPS) is 36.5. The van der Waals surface area contributed by atoms with Crippen LogP contribution in [0.1, 0.15) is 46.0 Å². The molecule has 0 aromatic heterocycles. The first kappa shape index (κ1) is 11.0. The Hall–Kier alpha value is -0.0800. The molecule has 0 amide bonds. The first-order valence-electron chi connectivity index (χ1n) is 5.55. The van der Waals surface area contributed by atoms with Crippen molar-refractivity contribution in [3.05, 3.63) is 0 Å². The first-order chi connectivity index (χ1) is 6.15. The predicted octanol–water partition coefficient (Wildman–Crippen LogP) is 2.23. The quantitative estimate of drug-likeness (QED) is 0.729. The zero-order chi connectivity index (χ0) is 9.84. The van der Waals surface area contributed by atoms with Gasteiger partial charge in [-0.2, -0.15) is 0 Å². The maximum Gasteiger partial charge on any atom is 0.107 e. The van der Waals surface area contributed by atoms with Gasteiger partial charge in [0, 0.05) is 6.04 Å². The number of hydrogen-bond acceptors (Lipinski definition) is 2. The summed E-state index contributed by atoms with van der Waals surface area (Å²) in [6.45, 7) is 4.44. The summed E-state index contributed by atoms with van der Waals surface area (Å²) in [5.74, 6) is 0.751. The van der Waals surface area contributed by atoms with E-state index in [-0.39, 0.29) is 6.23 Å². The topological polar surface area (TPSA) is 23.5 Å². The van der Waals surface area contributed by atoms with E-state index in [2.05, 4.69) is 18.7 Å². The van der Waals surface area contributed by atoms with Gasteiger partial charge in [0.05, 0.1) is 0 Å². The van der Waals surface area contributed by atoms with Gasteiger partial charge in [-0.1, -0.05) is 26.2 Å². The lowest BCUT2D eigenvalue weighted by Crippen LogP contribution is -2.45. The van der Waals surface area contributed by atoms with Crippen LogP contribution in [0, 0.1) is 5.92 Å². The van der Waals surface area contributed by atoms with E-state index in [0.717, 1.165) is 12.3 Å². The number of piperidine rings is 1. The van der Waals surface area contributed by atoms with Gasteiger partial charge in [0.15, 0.2) is 0 Å². The second-order valence-electron chi connectivity index (χ2n) is 4.47. The molecule has 0 unspecified atom stereocenters. The van der Waals surface area contributed by atoms with Crippen LogP contribution in [-0.2, 0) is 0 Å². The highest BCUT2D eigenvalue weighted by atomic mass is 16.3. The van der Waals surface area contributed by atoms with Crippen molar-refractivity contribution in [3.63, 3.8) is 0 Å². The number of hydrogen-bond donors (Lipinski definition) is 1. The molecule has 0 aromatic carbocycles. The van der Waals surface area contributed by atoms with E-state index in [0.29, 0.717) is 6.04 Å². The molecule has 1 rings (SSSR count). The van der Waals surface area contributed by atoms with Crippen LogP contribution in [0.4, 0.5) is 0 Å². The lowest BCUT2D eigenvalue weighted by Gasteiger charge is -2.39. The van der Waals surface area contributed by atoms with Crippen molar-refractivity contribution in [2.45, 2.75) is 58.2 Å². The minimum absolute atomic E-state index is 0.203. The van der Waals surface area contributed by atoms with Crippen molar-refractivity contribution in [2.75, 3.05) is 7.05 Å². The van der Waals surface area contributed by atoms with Gasteiger partial charge in [0.2, 0.25) is 0 Å². The standard InChI is InChI=1S/C11H23NO/c1-4-5-6-10-7-9(2)12(3)11(13)8-10/h9-11,13H,4-8H2,1-3H3/t9-,10+,11-/m0/s1. The van der Waals surface area contributed by atoms with Crippen molar-refractivity contribution in [1.29, 1.82) is 0 Å². The molecule has 0 aliphatic carbocycles. The van der Waals surface area contributed by atoms with Crippen molar-refractivity contribution in [1.82, 2.24) is 4.90 Å². The minimum atomic E-state index is -0.203. The summed E-state index contributed by atoms with van der Waals surface area (Å²) in [5.41, 5.74) is 0. The van der Waals surface area contributed by atoms with E-state index >= 15 is 0 Å². The summed E-state index contributed by atoms with van der Waals surface area (Å²) in [7, 11) is 2.02. The minimum Gasteiger partial charge on any atom is -0.378 e. The molecule has 1 heterocycles. The van der Waals surface area contributed by atoms with E-state index in [9.17, 15) is 5.11 Å². The van der Waals surface area contributed by atoms with Gasteiger partial charge >= 0.3 is 0 Å². The van der Waals surface area contributed by atoms with E-state index in [1.54, 1.807) is 0 Å². The lowest BCUT2D eigenvalue weighted by molar-refractivity contribution is -0.0550. The number of likely N-dealkylation sites (tertiary alicyclic amines) is 1. The molecule has 78 valence electrons. The zero-order valence-electron chi connectivity index (χ0n) is 9.16. The average molecular weight is 185 g/mol. The summed E-state index contributed by atoms with van der Waals surface area (Å²) in [6, 6.07) is 0.547. The molecule has 0 bridgehead atoms. The molecule has 2 heteroatoms. The van der Waals surface area contributed by atoms with Crippen LogP contribution in [0.2, 0.25) is 0 Å². The fourth-order valence-corrected chi connectivity index (χ4v) is 2.23. The van der Waals surface area contributed by atoms with Gasteiger partial charge in [0.25, 0.3) is 0 Å². The molecule has 13 heavy (non-hydrogen) atoms. The summed E-state index contributed by atoms with van der Waals surface area (Å²) in [4.78, 5) is 2.09. The third kappa shape index (κ3) is 2.96. The molecule has 3 atom stereocenters. The summed E-state index contributed by atoms with van der Waals surface area (Å²) in [5, 5.41) is 9.74. The van der Waals surface area contributed by atoms with Gasteiger partial charge in [-0.3, -0.25) is 4.90 Å². The molecular formula is C11H23NO. The molecule has 1 aliphatic rings. The molecule has 1 fully saturated rings. The van der Waals surface area contributed by atoms with Gasteiger partial charge < -0.3 is 5.11 Å². The van der Waals surface area contributed by atoms with Crippen molar-refractivity contribution in [2.24, 2.45) is 5.92 Å². The predicted molar refractivity (Wildman–Crippen MR) is 55.5 cm³/mol. The zero-order valence-corrected chi connectivity index (χ0v) is 9.16. The third-order valence-electron chi connectivity index (χ3n) is 3.35. The Bertz CT molecular complexity index is 137. The van der Waals surface area contributed by atoms with E-state index in [1.807, 2.05) is 7.05 Å². The van der Waals surface area contributed by atoms with E-state index in [4.69, 9.17) is 0 Å². The lowest BCUT2D eigenvalue weighted by atomic mass is 9.87. The largest absolute Gasteiger partial charge is 0.378 e. The maximum absolute atomic E-state index is 9.74. The number of nitrogens with zero attached hydrogens (tertiary/aromatic N) is 1. The van der Waals surface area contributed by atoms with Crippen LogP contribution in [0.25, 0.3) is 0 Å². The van der Waals surface area contributed by atoms with Crippen LogP contribution >= 0.6 is 0 Å². The maximum atomic E-state index is 9.74. The molecule has 1 N–H and O–H groups in total. The van der Waals surface area contributed by atoms with E-state index < -0.39 is 0 Å². The molecule has 1 saturated heterocycles. The molecule has 0 radical (unpaired) electrons. The number of aliphatic hydroxyl groups is 1. The molecular weight excluding hydrogens is 162 g/mol. The first-order valence-corrected chi connectivity index (χ1v) is 5.55. The van der Waals surface area contributed by atoms with E-state index in [1.165, 1.54) is 25.7 Å². The summed E-state index contributed by atoms with van der Waals surface area (Å²) >= 11 is 0. The van der Waals surface area contributed by atoms with Crippen LogP contribution in [-0.4, -0.2) is 29.3 Å². The highest BCUT2D eigenvalue weighted by Crippen LogP contribution is 2.28. The summed E-state index contributed by atoms with van der Waals surface area (Å²) < 4.78 is 0. The molecule has 0 saturated carbocycles. The smallest absolute Gasteiger partial charge is 0.107 e. The molecule has 1 aliphatic heterocycles. The van der Waals surface area contributed by atoms with Crippen LogP contribution < -0.4 is 0 Å². The SMILES string of the molecule is CCCC[C@@H]1C[C@H](C)N(C)[C@@H](O)C1. The average Bonchev–Trinajstić information content (AvgIpc) is 2.10. The van der Waals surface area contributed by atoms with Crippen molar-refractivity contribution < 1.29 is 5.11 Å². The van der Waals surface area contributed by atoms with Crippen LogP contribution in [0.15, 0.2) is 0 Å².